The van der Waals surface area contributed by atoms with Crippen LogP contribution in [0.15, 0.2) is 45.8 Å². The van der Waals surface area contributed by atoms with Crippen LogP contribution in [0.25, 0.3) is 0 Å². The normalized spacial score (nSPS) is 16.7. The summed E-state index contributed by atoms with van der Waals surface area (Å²) in [4.78, 5) is 17.5. The first-order chi connectivity index (χ1) is 15.8. The number of methoxy groups -OCH3 is 1. The Balaban J connectivity index is 1.34. The van der Waals surface area contributed by atoms with Crippen molar-refractivity contribution >= 4 is 43.2 Å². The molecule has 1 amide bonds. The van der Waals surface area contributed by atoms with Gasteiger partial charge in [-0.05, 0) is 48.4 Å². The van der Waals surface area contributed by atoms with Crippen molar-refractivity contribution in [1.29, 1.82) is 0 Å². The van der Waals surface area contributed by atoms with Crippen LogP contribution >= 0.6 is 15.9 Å². The zero-order chi connectivity index (χ0) is 23.6. The average Bonchev–Trinajstić information content (AvgIpc) is 3.23. The van der Waals surface area contributed by atoms with Gasteiger partial charge in [0.2, 0.25) is 15.9 Å². The van der Waals surface area contributed by atoms with E-state index in [1.165, 1.54) is 17.5 Å². The predicted molar refractivity (Wildman–Crippen MR) is 132 cm³/mol. The lowest BCUT2D eigenvalue weighted by Crippen LogP contribution is -3.15. The number of quaternary nitrogens is 1. The summed E-state index contributed by atoms with van der Waals surface area (Å²) in [5, 5.41) is 0. The standard InChI is InChI=1S/C23H29BrN4O4S/c1-17(29)28-9-7-18-15-19(24)16-22(23(18)28)33(30,31)25-8-10-26-11-13-27(14-12-26)20-3-5-21(32-2)6-4-20/h3-6,15-16,25H,7-14H2,1-2H3/p+1. The number of carbonyl (C=O) groups excluding carboxylic acids is 1. The molecule has 10 heteroatoms. The Labute approximate surface area is 203 Å². The molecule has 2 aliphatic heterocycles. The van der Waals surface area contributed by atoms with E-state index >= 15 is 0 Å². The highest BCUT2D eigenvalue weighted by Gasteiger charge is 2.31. The number of nitrogens with one attached hydrogen (secondary N) is 2. The third kappa shape index (κ3) is 5.34. The molecule has 8 nitrogen and oxygen atoms in total. The maximum atomic E-state index is 13.1. The predicted octanol–water partition coefficient (Wildman–Crippen LogP) is 1.05. The van der Waals surface area contributed by atoms with Gasteiger partial charge in [-0.1, -0.05) is 15.9 Å². The van der Waals surface area contributed by atoms with Crippen LogP contribution in [0.1, 0.15) is 12.5 Å². The topological polar surface area (TPSA) is 83.4 Å². The van der Waals surface area contributed by atoms with Crippen LogP contribution in [0.2, 0.25) is 0 Å². The summed E-state index contributed by atoms with van der Waals surface area (Å²) < 4.78 is 35.0. The number of halogens is 1. The largest absolute Gasteiger partial charge is 0.497 e. The molecule has 4 rings (SSSR count). The summed E-state index contributed by atoms with van der Waals surface area (Å²) >= 11 is 3.42. The van der Waals surface area contributed by atoms with Crippen molar-refractivity contribution in [2.75, 3.05) is 62.7 Å². The van der Waals surface area contributed by atoms with Gasteiger partial charge in [-0.3, -0.25) is 4.79 Å². The summed E-state index contributed by atoms with van der Waals surface area (Å²) in [6, 6.07) is 11.6. The lowest BCUT2D eigenvalue weighted by molar-refractivity contribution is -0.899. The Hall–Kier alpha value is -2.14. The van der Waals surface area contributed by atoms with Crippen LogP contribution in [0, 0.1) is 0 Å². The smallest absolute Gasteiger partial charge is 0.242 e. The van der Waals surface area contributed by atoms with E-state index in [1.807, 2.05) is 18.2 Å². The summed E-state index contributed by atoms with van der Waals surface area (Å²) in [5.74, 6) is 0.699. The van der Waals surface area contributed by atoms with Crippen LogP contribution in [-0.4, -0.2) is 67.2 Å². The number of piperazine rings is 1. The maximum absolute atomic E-state index is 13.1. The van der Waals surface area contributed by atoms with Crippen molar-refractivity contribution in [3.63, 3.8) is 0 Å². The van der Waals surface area contributed by atoms with E-state index in [4.69, 9.17) is 4.74 Å². The molecular weight excluding hydrogens is 508 g/mol. The van der Waals surface area contributed by atoms with Crippen molar-refractivity contribution in [3.8, 4) is 5.75 Å². The Bertz CT molecular complexity index is 1120. The van der Waals surface area contributed by atoms with Crippen LogP contribution in [-0.2, 0) is 21.2 Å². The minimum Gasteiger partial charge on any atom is -0.497 e. The molecule has 2 heterocycles. The number of hydrogen-bond acceptors (Lipinski definition) is 5. The SMILES string of the molecule is COc1ccc(N2CC[NH+](CCNS(=O)(=O)c3cc(Br)cc4c3N(C(C)=O)CC4)CC2)cc1. The molecule has 0 aliphatic carbocycles. The first-order valence-corrected chi connectivity index (χ1v) is 13.4. The van der Waals surface area contributed by atoms with E-state index in [2.05, 4.69) is 37.7 Å². The van der Waals surface area contributed by atoms with Gasteiger partial charge >= 0.3 is 0 Å². The Morgan fingerprint density at radius 3 is 2.48 bits per heavy atom. The average molecular weight is 538 g/mol. The number of rotatable bonds is 7. The highest BCUT2D eigenvalue weighted by molar-refractivity contribution is 9.10. The molecule has 2 aromatic carbocycles. The number of fused-ring (bicyclic) bond motifs is 1. The zero-order valence-corrected chi connectivity index (χ0v) is 21.3. The van der Waals surface area contributed by atoms with Crippen LogP contribution in [0.3, 0.4) is 0 Å². The molecule has 2 aliphatic rings. The molecule has 0 atom stereocenters. The summed E-state index contributed by atoms with van der Waals surface area (Å²) in [5.41, 5.74) is 2.56. The van der Waals surface area contributed by atoms with Crippen molar-refractivity contribution in [2.24, 2.45) is 0 Å². The summed E-state index contributed by atoms with van der Waals surface area (Å²) in [6.07, 6.45) is 0.652. The minimum absolute atomic E-state index is 0.147. The monoisotopic (exact) mass is 537 g/mol. The highest BCUT2D eigenvalue weighted by atomic mass is 79.9. The van der Waals surface area contributed by atoms with E-state index in [9.17, 15) is 13.2 Å². The van der Waals surface area contributed by atoms with E-state index in [1.54, 1.807) is 18.1 Å². The van der Waals surface area contributed by atoms with Gasteiger partial charge < -0.3 is 19.4 Å². The minimum atomic E-state index is -3.75. The fourth-order valence-electron chi connectivity index (χ4n) is 4.55. The van der Waals surface area contributed by atoms with Crippen LogP contribution in [0.5, 0.6) is 5.75 Å². The van der Waals surface area contributed by atoms with Crippen LogP contribution in [0.4, 0.5) is 11.4 Å². The highest BCUT2D eigenvalue weighted by Crippen LogP contribution is 2.37. The lowest BCUT2D eigenvalue weighted by Gasteiger charge is -2.33. The van der Waals surface area contributed by atoms with Crippen molar-refractivity contribution in [3.05, 3.63) is 46.4 Å². The van der Waals surface area contributed by atoms with Gasteiger partial charge in [0, 0.05) is 23.6 Å². The van der Waals surface area contributed by atoms with Gasteiger partial charge in [-0.15, -0.1) is 0 Å². The van der Waals surface area contributed by atoms with Crippen molar-refractivity contribution < 1.29 is 22.8 Å². The van der Waals surface area contributed by atoms with E-state index < -0.39 is 10.0 Å². The van der Waals surface area contributed by atoms with Crippen molar-refractivity contribution in [1.82, 2.24) is 4.72 Å². The van der Waals surface area contributed by atoms with Gasteiger partial charge in [-0.2, -0.15) is 0 Å². The Morgan fingerprint density at radius 2 is 1.85 bits per heavy atom. The molecule has 0 spiro atoms. The number of anilines is 2. The number of amides is 1. The molecule has 2 N–H and O–H groups in total. The molecule has 1 fully saturated rings. The maximum Gasteiger partial charge on any atom is 0.242 e. The zero-order valence-electron chi connectivity index (χ0n) is 18.9. The second-order valence-corrected chi connectivity index (χ2v) is 11.1. The van der Waals surface area contributed by atoms with Crippen LogP contribution < -0.4 is 24.2 Å². The molecule has 0 radical (unpaired) electrons. The fraction of sp³-hybridized carbons (Fsp3) is 0.435. The Kier molecular flexibility index (Phi) is 7.28. The second-order valence-electron chi connectivity index (χ2n) is 8.42. The quantitative estimate of drug-likeness (QED) is 0.551. The van der Waals surface area contributed by atoms with Gasteiger partial charge in [0.15, 0.2) is 0 Å². The van der Waals surface area contributed by atoms with E-state index in [0.717, 1.165) is 37.5 Å². The third-order valence-electron chi connectivity index (χ3n) is 6.34. The molecule has 2 aromatic rings. The molecule has 0 bridgehead atoms. The third-order valence-corrected chi connectivity index (χ3v) is 8.27. The number of nitrogens with zero attached hydrogens (tertiary/aromatic N) is 2. The number of hydrogen-bond donors (Lipinski definition) is 2. The first kappa shape index (κ1) is 24.0. The van der Waals surface area contributed by atoms with Gasteiger partial charge in [0.05, 0.1) is 52.1 Å². The fourth-order valence-corrected chi connectivity index (χ4v) is 6.51. The summed E-state index contributed by atoms with van der Waals surface area (Å²) in [7, 11) is -2.08. The van der Waals surface area contributed by atoms with Gasteiger partial charge in [0.1, 0.15) is 10.6 Å². The van der Waals surface area contributed by atoms with Gasteiger partial charge in [-0.25, -0.2) is 13.1 Å². The number of ether oxygens (including phenoxy) is 1. The molecule has 1 saturated heterocycles. The van der Waals surface area contributed by atoms with E-state index in [0.29, 0.717) is 36.2 Å². The first-order valence-electron chi connectivity index (χ1n) is 11.1. The van der Waals surface area contributed by atoms with Crippen molar-refractivity contribution in [2.45, 2.75) is 18.2 Å². The molecule has 33 heavy (non-hydrogen) atoms. The lowest BCUT2D eigenvalue weighted by atomic mass is 10.2. The number of carbonyl (C=O) groups is 1. The molecule has 0 saturated carbocycles. The molecule has 0 unspecified atom stereocenters. The van der Waals surface area contributed by atoms with Gasteiger partial charge in [0.25, 0.3) is 0 Å². The Morgan fingerprint density at radius 1 is 1.15 bits per heavy atom. The molecule has 0 aromatic heterocycles. The van der Waals surface area contributed by atoms with E-state index in [-0.39, 0.29) is 10.8 Å². The second kappa shape index (κ2) is 10.0. The molecular formula is C23H30BrN4O4S+. The number of benzene rings is 2. The summed E-state index contributed by atoms with van der Waals surface area (Å²) in [6.45, 7) is 6.75. The molecule has 178 valence electrons. The number of sulfonamides is 1.